The molecule has 82 valence electrons. The third kappa shape index (κ3) is 3.01. The quantitative estimate of drug-likeness (QED) is 0.538. The van der Waals surface area contributed by atoms with E-state index in [9.17, 15) is 4.79 Å². The molecule has 4 heteroatoms. The molecule has 0 saturated carbocycles. The summed E-state index contributed by atoms with van der Waals surface area (Å²) in [6, 6.07) is 0.210. The van der Waals surface area contributed by atoms with Gasteiger partial charge in [0.15, 0.2) is 0 Å². The number of amidine groups is 1. The summed E-state index contributed by atoms with van der Waals surface area (Å²) >= 11 is 0. The van der Waals surface area contributed by atoms with Gasteiger partial charge in [-0.2, -0.15) is 0 Å². The van der Waals surface area contributed by atoms with Crippen LogP contribution < -0.4 is 0 Å². The Balaban J connectivity index is 4.71. The van der Waals surface area contributed by atoms with Crippen LogP contribution in [0.3, 0.4) is 0 Å². The minimum absolute atomic E-state index is 0.105. The molecule has 0 radical (unpaired) electrons. The Morgan fingerprint density at radius 3 is 1.86 bits per heavy atom. The molecule has 0 heterocycles. The number of carbonyl (C=O) groups is 1. The number of hydrogen-bond acceptors (Lipinski definition) is 2. The van der Waals surface area contributed by atoms with Gasteiger partial charge in [-0.25, -0.2) is 4.79 Å². The summed E-state index contributed by atoms with van der Waals surface area (Å²) in [6.07, 6.45) is 1.69. The number of carboxylic acids is 1. The van der Waals surface area contributed by atoms with E-state index in [1.807, 2.05) is 27.7 Å². The molecule has 0 aromatic heterocycles. The van der Waals surface area contributed by atoms with Crippen LogP contribution in [0.2, 0.25) is 0 Å². The largest absolute Gasteiger partial charge is 0.475 e. The van der Waals surface area contributed by atoms with Gasteiger partial charge in [0.2, 0.25) is 5.84 Å². The Bertz CT molecular complexity index is 206. The minimum atomic E-state index is -1.15. The molecular weight excluding hydrogens is 180 g/mol. The van der Waals surface area contributed by atoms with Gasteiger partial charge in [0.05, 0.1) is 0 Å². The smallest absolute Gasteiger partial charge is 0.371 e. The number of hydrogen-bond donors (Lipinski definition) is 2. The van der Waals surface area contributed by atoms with Crippen LogP contribution in [0.4, 0.5) is 0 Å². The first-order valence-corrected chi connectivity index (χ1v) is 5.05. The number of rotatable bonds is 4. The standard InChI is InChI=1S/C10H20N2O2/c1-5-7(3)12(8(4)6-2)9(11)10(13)14/h7-8,11H,5-6H2,1-4H3,(H,13,14). The molecule has 2 unspecified atom stereocenters. The summed E-state index contributed by atoms with van der Waals surface area (Å²) in [5, 5.41) is 16.3. The van der Waals surface area contributed by atoms with Crippen LogP contribution >= 0.6 is 0 Å². The monoisotopic (exact) mass is 200 g/mol. The number of nitrogens with one attached hydrogen (secondary N) is 1. The molecule has 14 heavy (non-hydrogen) atoms. The van der Waals surface area contributed by atoms with Crippen molar-refractivity contribution >= 4 is 11.8 Å². The average Bonchev–Trinajstić information content (AvgIpc) is 2.16. The second-order valence-electron chi connectivity index (χ2n) is 3.58. The normalized spacial score (nSPS) is 14.6. The highest BCUT2D eigenvalue weighted by molar-refractivity contribution is 6.33. The van der Waals surface area contributed by atoms with E-state index >= 15 is 0 Å². The zero-order chi connectivity index (χ0) is 11.3. The highest BCUT2D eigenvalue weighted by atomic mass is 16.4. The van der Waals surface area contributed by atoms with Crippen LogP contribution in [0.25, 0.3) is 0 Å². The molecule has 2 N–H and O–H groups in total. The van der Waals surface area contributed by atoms with Crippen molar-refractivity contribution in [2.24, 2.45) is 0 Å². The number of nitrogens with zero attached hydrogens (tertiary/aromatic N) is 1. The molecular formula is C10H20N2O2. The second kappa shape index (κ2) is 5.62. The predicted octanol–water partition coefficient (Wildman–Crippen LogP) is 1.95. The SMILES string of the molecule is CCC(C)N(C(=N)C(=O)O)C(C)CC. The average molecular weight is 200 g/mol. The van der Waals surface area contributed by atoms with Gasteiger partial charge < -0.3 is 10.0 Å². The molecule has 2 atom stereocenters. The minimum Gasteiger partial charge on any atom is -0.475 e. The lowest BCUT2D eigenvalue weighted by atomic mass is 10.1. The maximum Gasteiger partial charge on any atom is 0.371 e. The summed E-state index contributed by atoms with van der Waals surface area (Å²) in [5.41, 5.74) is 0. The van der Waals surface area contributed by atoms with Crippen LogP contribution in [-0.4, -0.2) is 33.9 Å². The Kier molecular flexibility index (Phi) is 5.20. The van der Waals surface area contributed by atoms with E-state index in [-0.39, 0.29) is 17.9 Å². The lowest BCUT2D eigenvalue weighted by Gasteiger charge is -2.34. The molecule has 0 fully saturated rings. The van der Waals surface area contributed by atoms with Crippen LogP contribution in [0.5, 0.6) is 0 Å². The molecule has 0 rings (SSSR count). The third-order valence-corrected chi connectivity index (χ3v) is 2.59. The Labute approximate surface area is 85.4 Å². The highest BCUT2D eigenvalue weighted by Crippen LogP contribution is 2.12. The van der Waals surface area contributed by atoms with Crippen LogP contribution in [0, 0.1) is 5.41 Å². The zero-order valence-electron chi connectivity index (χ0n) is 9.37. The van der Waals surface area contributed by atoms with E-state index in [2.05, 4.69) is 0 Å². The fourth-order valence-corrected chi connectivity index (χ4v) is 1.38. The number of aliphatic carboxylic acids is 1. The third-order valence-electron chi connectivity index (χ3n) is 2.59. The Morgan fingerprint density at radius 1 is 1.29 bits per heavy atom. The van der Waals surface area contributed by atoms with Crippen molar-refractivity contribution in [3.05, 3.63) is 0 Å². The van der Waals surface area contributed by atoms with Gasteiger partial charge in [0.25, 0.3) is 0 Å². The van der Waals surface area contributed by atoms with Gasteiger partial charge in [-0.05, 0) is 26.7 Å². The first-order chi connectivity index (χ1) is 6.45. The first kappa shape index (κ1) is 12.9. The van der Waals surface area contributed by atoms with Crippen LogP contribution in [-0.2, 0) is 4.79 Å². The van der Waals surface area contributed by atoms with Crippen molar-refractivity contribution < 1.29 is 9.90 Å². The fraction of sp³-hybridized carbons (Fsp3) is 0.800. The van der Waals surface area contributed by atoms with Crippen LogP contribution in [0.15, 0.2) is 0 Å². The lowest BCUT2D eigenvalue weighted by molar-refractivity contribution is -0.130. The van der Waals surface area contributed by atoms with E-state index in [4.69, 9.17) is 10.5 Å². The summed E-state index contributed by atoms with van der Waals surface area (Å²) in [5.74, 6) is -1.45. The van der Waals surface area contributed by atoms with E-state index < -0.39 is 5.97 Å². The van der Waals surface area contributed by atoms with E-state index in [0.29, 0.717) is 0 Å². The Morgan fingerprint density at radius 2 is 1.64 bits per heavy atom. The lowest BCUT2D eigenvalue weighted by Crippen LogP contribution is -2.47. The fourth-order valence-electron chi connectivity index (χ4n) is 1.38. The topological polar surface area (TPSA) is 64.4 Å². The van der Waals surface area contributed by atoms with Gasteiger partial charge in [0.1, 0.15) is 0 Å². The van der Waals surface area contributed by atoms with Gasteiger partial charge in [-0.15, -0.1) is 0 Å². The molecule has 0 aliphatic rings. The molecule has 0 aromatic rings. The highest BCUT2D eigenvalue weighted by Gasteiger charge is 2.24. The summed E-state index contributed by atoms with van der Waals surface area (Å²) in [6.45, 7) is 7.89. The van der Waals surface area contributed by atoms with Crippen molar-refractivity contribution in [1.82, 2.24) is 4.90 Å². The molecule has 0 bridgehead atoms. The molecule has 4 nitrogen and oxygen atoms in total. The molecule has 0 aliphatic carbocycles. The molecule has 0 saturated heterocycles. The summed E-state index contributed by atoms with van der Waals surface area (Å²) in [4.78, 5) is 12.4. The van der Waals surface area contributed by atoms with Crippen molar-refractivity contribution in [1.29, 1.82) is 5.41 Å². The first-order valence-electron chi connectivity index (χ1n) is 5.05. The van der Waals surface area contributed by atoms with E-state index in [1.165, 1.54) is 0 Å². The van der Waals surface area contributed by atoms with E-state index in [1.54, 1.807) is 4.90 Å². The van der Waals surface area contributed by atoms with Crippen molar-refractivity contribution in [3.8, 4) is 0 Å². The second-order valence-corrected chi connectivity index (χ2v) is 3.58. The van der Waals surface area contributed by atoms with Crippen LogP contribution in [0.1, 0.15) is 40.5 Å². The molecule has 0 spiro atoms. The summed E-state index contributed by atoms with van der Waals surface area (Å²) in [7, 11) is 0. The van der Waals surface area contributed by atoms with Crippen molar-refractivity contribution in [3.63, 3.8) is 0 Å². The predicted molar refractivity (Wildman–Crippen MR) is 56.7 cm³/mol. The van der Waals surface area contributed by atoms with E-state index in [0.717, 1.165) is 12.8 Å². The zero-order valence-corrected chi connectivity index (χ0v) is 9.37. The maximum absolute atomic E-state index is 10.7. The van der Waals surface area contributed by atoms with Gasteiger partial charge in [-0.1, -0.05) is 13.8 Å². The van der Waals surface area contributed by atoms with Gasteiger partial charge >= 0.3 is 5.97 Å². The molecule has 0 amide bonds. The summed E-state index contributed by atoms with van der Waals surface area (Å²) < 4.78 is 0. The number of carboxylic acid groups (broad SMARTS) is 1. The molecule has 0 aromatic carbocycles. The molecule has 0 aliphatic heterocycles. The maximum atomic E-state index is 10.7. The van der Waals surface area contributed by atoms with Crippen molar-refractivity contribution in [2.45, 2.75) is 52.6 Å². The Hall–Kier alpha value is -1.06. The van der Waals surface area contributed by atoms with Gasteiger partial charge in [-0.3, -0.25) is 5.41 Å². The van der Waals surface area contributed by atoms with Gasteiger partial charge in [0, 0.05) is 12.1 Å². The van der Waals surface area contributed by atoms with Crippen molar-refractivity contribution in [2.75, 3.05) is 0 Å².